The summed E-state index contributed by atoms with van der Waals surface area (Å²) in [5, 5.41) is 0. The Labute approximate surface area is 119 Å². The summed E-state index contributed by atoms with van der Waals surface area (Å²) in [5.74, 6) is 1.000. The van der Waals surface area contributed by atoms with Crippen LogP contribution in [0.2, 0.25) is 0 Å². The first-order valence-corrected chi connectivity index (χ1v) is 7.02. The molecule has 0 aliphatic carbocycles. The lowest BCUT2D eigenvalue weighted by Gasteiger charge is -2.08. The SMILES string of the molecule is CCCn1c(-c2ccc(C)cc2)nc2c(N)cccc21. The van der Waals surface area contributed by atoms with E-state index in [0.29, 0.717) is 0 Å². The molecule has 0 amide bonds. The molecule has 0 aliphatic heterocycles. The van der Waals surface area contributed by atoms with Gasteiger partial charge in [-0.3, -0.25) is 0 Å². The molecule has 2 aromatic carbocycles. The Kier molecular flexibility index (Phi) is 3.18. The van der Waals surface area contributed by atoms with Crippen LogP contribution in [0.4, 0.5) is 5.69 Å². The van der Waals surface area contributed by atoms with Gasteiger partial charge in [0.25, 0.3) is 0 Å². The van der Waals surface area contributed by atoms with Crippen LogP contribution < -0.4 is 5.73 Å². The molecule has 3 rings (SSSR count). The predicted molar refractivity (Wildman–Crippen MR) is 84.6 cm³/mol. The quantitative estimate of drug-likeness (QED) is 0.727. The van der Waals surface area contributed by atoms with Crippen LogP contribution in [-0.2, 0) is 6.54 Å². The maximum absolute atomic E-state index is 6.06. The standard InChI is InChI=1S/C17H19N3/c1-3-11-20-15-6-4-5-14(18)16(15)19-17(20)13-9-7-12(2)8-10-13/h4-10H,3,11,18H2,1-2H3. The summed E-state index contributed by atoms with van der Waals surface area (Å²) in [4.78, 5) is 4.77. The summed E-state index contributed by atoms with van der Waals surface area (Å²) in [6.07, 6.45) is 1.07. The van der Waals surface area contributed by atoms with Crippen LogP contribution in [0.1, 0.15) is 18.9 Å². The molecule has 0 radical (unpaired) electrons. The van der Waals surface area contributed by atoms with Crippen molar-refractivity contribution < 1.29 is 0 Å². The highest BCUT2D eigenvalue weighted by Crippen LogP contribution is 2.28. The number of imidazole rings is 1. The van der Waals surface area contributed by atoms with Crippen molar-refractivity contribution in [3.8, 4) is 11.4 Å². The van der Waals surface area contributed by atoms with E-state index in [1.807, 2.05) is 12.1 Å². The van der Waals surface area contributed by atoms with Gasteiger partial charge in [-0.05, 0) is 25.5 Å². The molecular weight excluding hydrogens is 246 g/mol. The number of hydrogen-bond donors (Lipinski definition) is 1. The molecule has 1 aromatic heterocycles. The average molecular weight is 265 g/mol. The fraction of sp³-hybridized carbons (Fsp3) is 0.235. The fourth-order valence-electron chi connectivity index (χ4n) is 2.54. The largest absolute Gasteiger partial charge is 0.397 e. The Morgan fingerprint density at radius 1 is 1.10 bits per heavy atom. The number of nitrogens with two attached hydrogens (primary N) is 1. The van der Waals surface area contributed by atoms with Crippen LogP contribution in [0, 0.1) is 6.92 Å². The normalized spacial score (nSPS) is 11.1. The van der Waals surface area contributed by atoms with E-state index in [1.54, 1.807) is 0 Å². The number of para-hydroxylation sites is 1. The van der Waals surface area contributed by atoms with Crippen molar-refractivity contribution in [3.63, 3.8) is 0 Å². The summed E-state index contributed by atoms with van der Waals surface area (Å²) >= 11 is 0. The summed E-state index contributed by atoms with van der Waals surface area (Å²) in [6, 6.07) is 14.5. The highest BCUT2D eigenvalue weighted by molar-refractivity contribution is 5.90. The number of fused-ring (bicyclic) bond motifs is 1. The number of benzene rings is 2. The van der Waals surface area contributed by atoms with Gasteiger partial charge in [0.2, 0.25) is 0 Å². The number of aryl methyl sites for hydroxylation is 2. The molecule has 1 heterocycles. The number of aromatic nitrogens is 2. The summed E-state index contributed by atoms with van der Waals surface area (Å²) in [6.45, 7) is 5.22. The van der Waals surface area contributed by atoms with Crippen LogP contribution >= 0.6 is 0 Å². The van der Waals surface area contributed by atoms with Gasteiger partial charge >= 0.3 is 0 Å². The molecule has 0 bridgehead atoms. The van der Waals surface area contributed by atoms with Gasteiger partial charge in [0, 0.05) is 12.1 Å². The van der Waals surface area contributed by atoms with Gasteiger partial charge in [-0.15, -0.1) is 0 Å². The van der Waals surface area contributed by atoms with Gasteiger partial charge in [0.1, 0.15) is 11.3 Å². The molecule has 0 spiro atoms. The lowest BCUT2D eigenvalue weighted by atomic mass is 10.1. The predicted octanol–water partition coefficient (Wildman–Crippen LogP) is 4.00. The highest BCUT2D eigenvalue weighted by atomic mass is 15.1. The second kappa shape index (κ2) is 5.00. The lowest BCUT2D eigenvalue weighted by molar-refractivity contribution is 0.704. The van der Waals surface area contributed by atoms with Crippen molar-refractivity contribution in [2.24, 2.45) is 0 Å². The molecule has 20 heavy (non-hydrogen) atoms. The van der Waals surface area contributed by atoms with E-state index in [1.165, 1.54) is 5.56 Å². The first-order chi connectivity index (χ1) is 9.70. The summed E-state index contributed by atoms with van der Waals surface area (Å²) < 4.78 is 2.26. The Hall–Kier alpha value is -2.29. The molecule has 102 valence electrons. The third-order valence-electron chi connectivity index (χ3n) is 3.57. The molecule has 3 aromatic rings. The molecule has 3 heteroatoms. The highest BCUT2D eigenvalue weighted by Gasteiger charge is 2.13. The summed E-state index contributed by atoms with van der Waals surface area (Å²) in [7, 11) is 0. The maximum Gasteiger partial charge on any atom is 0.141 e. The van der Waals surface area contributed by atoms with Crippen LogP contribution in [-0.4, -0.2) is 9.55 Å². The van der Waals surface area contributed by atoms with E-state index in [9.17, 15) is 0 Å². The second-order valence-corrected chi connectivity index (χ2v) is 5.17. The molecule has 0 saturated carbocycles. The van der Waals surface area contributed by atoms with Gasteiger partial charge in [-0.25, -0.2) is 4.98 Å². The number of rotatable bonds is 3. The topological polar surface area (TPSA) is 43.8 Å². The fourth-order valence-corrected chi connectivity index (χ4v) is 2.54. The maximum atomic E-state index is 6.06. The molecule has 0 saturated heterocycles. The van der Waals surface area contributed by atoms with E-state index >= 15 is 0 Å². The summed E-state index contributed by atoms with van der Waals surface area (Å²) in [5.41, 5.74) is 11.2. The van der Waals surface area contributed by atoms with E-state index in [0.717, 1.165) is 41.1 Å². The van der Waals surface area contributed by atoms with Crippen molar-refractivity contribution in [2.45, 2.75) is 26.8 Å². The van der Waals surface area contributed by atoms with Gasteiger partial charge in [-0.1, -0.05) is 42.8 Å². The van der Waals surface area contributed by atoms with Crippen LogP contribution in [0.3, 0.4) is 0 Å². The number of hydrogen-bond acceptors (Lipinski definition) is 2. The third kappa shape index (κ3) is 2.05. The van der Waals surface area contributed by atoms with Crippen LogP contribution in [0.15, 0.2) is 42.5 Å². The molecule has 3 nitrogen and oxygen atoms in total. The smallest absolute Gasteiger partial charge is 0.141 e. The van der Waals surface area contributed by atoms with E-state index in [2.05, 4.69) is 48.7 Å². The molecule has 2 N–H and O–H groups in total. The zero-order valence-electron chi connectivity index (χ0n) is 11.9. The monoisotopic (exact) mass is 265 g/mol. The molecule has 0 unspecified atom stereocenters. The Balaban J connectivity index is 2.26. The lowest BCUT2D eigenvalue weighted by Crippen LogP contribution is -1.99. The first-order valence-electron chi connectivity index (χ1n) is 7.02. The first kappa shape index (κ1) is 12.7. The minimum atomic E-state index is 0.741. The van der Waals surface area contributed by atoms with E-state index in [-0.39, 0.29) is 0 Å². The van der Waals surface area contributed by atoms with Crippen molar-refractivity contribution in [2.75, 3.05) is 5.73 Å². The van der Waals surface area contributed by atoms with Crippen LogP contribution in [0.25, 0.3) is 22.4 Å². The minimum Gasteiger partial charge on any atom is -0.397 e. The van der Waals surface area contributed by atoms with Crippen molar-refractivity contribution in [1.82, 2.24) is 9.55 Å². The van der Waals surface area contributed by atoms with Gasteiger partial charge in [0.15, 0.2) is 0 Å². The number of anilines is 1. The molecule has 0 atom stereocenters. The van der Waals surface area contributed by atoms with Crippen molar-refractivity contribution >= 4 is 16.7 Å². The number of nitrogens with zero attached hydrogens (tertiary/aromatic N) is 2. The zero-order valence-corrected chi connectivity index (χ0v) is 11.9. The average Bonchev–Trinajstić information content (AvgIpc) is 2.81. The number of nitrogen functional groups attached to an aromatic ring is 1. The Morgan fingerprint density at radius 2 is 1.85 bits per heavy atom. The van der Waals surface area contributed by atoms with Crippen molar-refractivity contribution in [3.05, 3.63) is 48.0 Å². The van der Waals surface area contributed by atoms with E-state index < -0.39 is 0 Å². The second-order valence-electron chi connectivity index (χ2n) is 5.17. The Bertz CT molecular complexity index is 739. The van der Waals surface area contributed by atoms with Crippen LogP contribution in [0.5, 0.6) is 0 Å². The zero-order chi connectivity index (χ0) is 14.1. The molecule has 0 aliphatic rings. The minimum absolute atomic E-state index is 0.741. The Morgan fingerprint density at radius 3 is 2.55 bits per heavy atom. The van der Waals surface area contributed by atoms with Gasteiger partial charge in [-0.2, -0.15) is 0 Å². The van der Waals surface area contributed by atoms with Crippen molar-refractivity contribution in [1.29, 1.82) is 0 Å². The molecular formula is C17H19N3. The molecule has 0 fully saturated rings. The van der Waals surface area contributed by atoms with Gasteiger partial charge < -0.3 is 10.3 Å². The third-order valence-corrected chi connectivity index (χ3v) is 3.57. The van der Waals surface area contributed by atoms with Gasteiger partial charge in [0.05, 0.1) is 11.2 Å². The van der Waals surface area contributed by atoms with E-state index in [4.69, 9.17) is 10.7 Å².